The van der Waals surface area contributed by atoms with Crippen LogP contribution in [0.3, 0.4) is 0 Å². The molecule has 0 saturated heterocycles. The molecule has 0 aliphatic carbocycles. The molecule has 0 spiro atoms. The minimum Gasteiger partial charge on any atom is -0.365 e. The summed E-state index contributed by atoms with van der Waals surface area (Å²) in [5, 5.41) is 18.0. The van der Waals surface area contributed by atoms with Crippen LogP contribution < -0.4 is 11.1 Å². The molecule has 2 amide bonds. The summed E-state index contributed by atoms with van der Waals surface area (Å²) >= 11 is 2.08. The Kier molecular flexibility index (Phi) is 6.10. The summed E-state index contributed by atoms with van der Waals surface area (Å²) in [5.41, 5.74) is 4.45. The number of hydrogen-bond acceptors (Lipinski definition) is 8. The van der Waals surface area contributed by atoms with Crippen molar-refractivity contribution in [2.45, 2.75) is 26.8 Å². The fraction of sp³-hybridized carbons (Fsp3) is 0.200. The van der Waals surface area contributed by atoms with Crippen molar-refractivity contribution in [2.75, 3.05) is 5.32 Å². The molecule has 4 aromatic heterocycles. The predicted molar refractivity (Wildman–Crippen MR) is 124 cm³/mol. The van der Waals surface area contributed by atoms with Crippen LogP contribution >= 0.6 is 22.7 Å². The highest BCUT2D eigenvalue weighted by Gasteiger charge is 2.30. The number of aryl methyl sites for hydroxylation is 2. The van der Waals surface area contributed by atoms with Crippen LogP contribution in [0.25, 0.3) is 20.7 Å². The number of fused-ring (bicyclic) bond motifs is 1. The lowest BCUT2D eigenvalue weighted by molar-refractivity contribution is -0.385. The van der Waals surface area contributed by atoms with E-state index in [0.29, 0.717) is 10.4 Å². The van der Waals surface area contributed by atoms with Crippen LogP contribution in [0.2, 0.25) is 0 Å². The number of rotatable bonds is 7. The number of nitrogens with zero attached hydrogens (tertiary/aromatic N) is 4. The molecule has 34 heavy (non-hydrogen) atoms. The first-order valence-corrected chi connectivity index (χ1v) is 11.4. The molecule has 0 fully saturated rings. The number of anilines is 1. The van der Waals surface area contributed by atoms with E-state index in [1.54, 1.807) is 19.1 Å². The Bertz CT molecular complexity index is 1460. The van der Waals surface area contributed by atoms with Gasteiger partial charge in [0.1, 0.15) is 21.6 Å². The van der Waals surface area contributed by atoms with E-state index in [9.17, 15) is 28.5 Å². The third kappa shape index (κ3) is 4.01. The first-order chi connectivity index (χ1) is 16.1. The molecule has 0 bridgehead atoms. The van der Waals surface area contributed by atoms with Crippen LogP contribution in [0, 0.1) is 17.0 Å². The molecule has 0 saturated carbocycles. The maximum atomic E-state index is 13.6. The van der Waals surface area contributed by atoms with Crippen LogP contribution in [0.5, 0.6) is 0 Å². The summed E-state index contributed by atoms with van der Waals surface area (Å²) < 4.78 is 28.3. The number of amides is 2. The molecule has 4 heterocycles. The number of aromatic nitrogens is 3. The highest BCUT2D eigenvalue weighted by Crippen LogP contribution is 2.44. The topological polar surface area (TPSA) is 146 Å². The number of alkyl halides is 2. The molecule has 0 aliphatic rings. The normalized spacial score (nSPS) is 11.3. The van der Waals surface area contributed by atoms with Gasteiger partial charge in [-0.25, -0.2) is 13.8 Å². The second kappa shape index (κ2) is 8.87. The summed E-state index contributed by atoms with van der Waals surface area (Å²) in [6.45, 7) is 3.66. The molecular weight excluding hydrogens is 490 g/mol. The number of pyridine rings is 1. The fourth-order valence-corrected chi connectivity index (χ4v) is 5.35. The smallest absolute Gasteiger partial charge is 0.320 e. The number of nitro groups is 1. The van der Waals surface area contributed by atoms with E-state index in [2.05, 4.69) is 15.4 Å². The van der Waals surface area contributed by atoms with Gasteiger partial charge in [-0.1, -0.05) is 0 Å². The molecule has 0 aliphatic heterocycles. The van der Waals surface area contributed by atoms with E-state index in [4.69, 9.17) is 5.73 Å². The fourth-order valence-electron chi connectivity index (χ4n) is 3.45. The molecule has 0 radical (unpaired) electrons. The quantitative estimate of drug-likeness (QED) is 0.273. The molecule has 0 unspecified atom stereocenters. The lowest BCUT2D eigenvalue weighted by Gasteiger charge is -2.10. The maximum Gasteiger partial charge on any atom is 0.320 e. The Morgan fingerprint density at radius 2 is 2.06 bits per heavy atom. The van der Waals surface area contributed by atoms with Crippen LogP contribution in [-0.4, -0.2) is 31.5 Å². The zero-order chi connectivity index (χ0) is 24.7. The molecule has 0 aromatic carbocycles. The van der Waals surface area contributed by atoms with Crippen molar-refractivity contribution in [1.82, 2.24) is 14.8 Å². The summed E-state index contributed by atoms with van der Waals surface area (Å²) in [5.74, 6) is -1.82. The minimum atomic E-state index is -2.87. The van der Waals surface area contributed by atoms with E-state index < -0.39 is 34.5 Å². The van der Waals surface area contributed by atoms with Crippen LogP contribution in [0.15, 0.2) is 24.4 Å². The zero-order valence-electron chi connectivity index (χ0n) is 17.7. The van der Waals surface area contributed by atoms with Crippen LogP contribution in [0.4, 0.5) is 20.2 Å². The molecule has 4 rings (SSSR count). The number of halogens is 2. The van der Waals surface area contributed by atoms with E-state index >= 15 is 0 Å². The van der Waals surface area contributed by atoms with Gasteiger partial charge in [0.2, 0.25) is 5.69 Å². The predicted octanol–water partition coefficient (Wildman–Crippen LogP) is 4.75. The van der Waals surface area contributed by atoms with Crippen molar-refractivity contribution < 1.29 is 23.3 Å². The molecule has 0 atom stereocenters. The first kappa shape index (κ1) is 23.4. The van der Waals surface area contributed by atoms with Gasteiger partial charge >= 0.3 is 5.69 Å². The number of carbonyl (C=O) groups excluding carboxylic acids is 2. The van der Waals surface area contributed by atoms with Gasteiger partial charge in [-0.3, -0.25) is 24.4 Å². The number of nitrogens with two attached hydrogens (primary N) is 1. The number of nitrogens with one attached hydrogen (secondary N) is 1. The molecule has 3 N–H and O–H groups in total. The number of carbonyl (C=O) groups is 2. The van der Waals surface area contributed by atoms with Crippen molar-refractivity contribution in [3.8, 4) is 10.4 Å². The standard InChI is InChI=1S/C20H16F2N6O4S2/c1-3-27-15(11(7-24-27)28(31)32)19(30)26-14-13-9(12-5-4-8(2)33-12)6-10(17(21)22)25-20(13)34-16(14)18(23)29/h4-7,17H,3H2,1-2H3,(H2,23,29)(H,26,30). The van der Waals surface area contributed by atoms with E-state index in [-0.39, 0.29) is 33.0 Å². The minimum absolute atomic E-state index is 0.0509. The maximum absolute atomic E-state index is 13.6. The van der Waals surface area contributed by atoms with E-state index in [0.717, 1.165) is 27.1 Å². The third-order valence-corrected chi connectivity index (χ3v) is 7.04. The molecule has 4 aromatic rings. The largest absolute Gasteiger partial charge is 0.365 e. The van der Waals surface area contributed by atoms with Gasteiger partial charge in [-0.05, 0) is 32.0 Å². The van der Waals surface area contributed by atoms with Gasteiger partial charge < -0.3 is 11.1 Å². The second-order valence-corrected chi connectivity index (χ2v) is 9.35. The molecular formula is C20H16F2N6O4S2. The van der Waals surface area contributed by atoms with Gasteiger partial charge in [0, 0.05) is 27.2 Å². The summed E-state index contributed by atoms with van der Waals surface area (Å²) in [7, 11) is 0. The average Bonchev–Trinajstić information content (AvgIpc) is 3.49. The second-order valence-electron chi connectivity index (χ2n) is 7.06. The number of primary amides is 1. The summed E-state index contributed by atoms with van der Waals surface area (Å²) in [4.78, 5) is 41.5. The van der Waals surface area contributed by atoms with Crippen molar-refractivity contribution in [2.24, 2.45) is 5.73 Å². The van der Waals surface area contributed by atoms with Gasteiger partial charge in [0.15, 0.2) is 0 Å². The Morgan fingerprint density at radius 1 is 1.32 bits per heavy atom. The molecule has 14 heteroatoms. The van der Waals surface area contributed by atoms with Gasteiger partial charge in [-0.15, -0.1) is 22.7 Å². The van der Waals surface area contributed by atoms with Crippen LogP contribution in [-0.2, 0) is 6.54 Å². The monoisotopic (exact) mass is 506 g/mol. The lowest BCUT2D eigenvalue weighted by atomic mass is 10.1. The SMILES string of the molecule is CCn1ncc([N+](=O)[O-])c1C(=O)Nc1c(C(N)=O)sc2nc(C(F)F)cc(-c3ccc(C)s3)c12. The Morgan fingerprint density at radius 3 is 2.62 bits per heavy atom. The first-order valence-electron chi connectivity index (χ1n) is 9.76. The van der Waals surface area contributed by atoms with Gasteiger partial charge in [0.05, 0.1) is 10.6 Å². The van der Waals surface area contributed by atoms with E-state index in [1.807, 2.05) is 6.92 Å². The lowest BCUT2D eigenvalue weighted by Crippen LogP contribution is -2.21. The van der Waals surface area contributed by atoms with Crippen LogP contribution in [0.1, 0.15) is 44.1 Å². The third-order valence-electron chi connectivity index (χ3n) is 4.91. The molecule has 10 nitrogen and oxygen atoms in total. The number of thiophene rings is 2. The zero-order valence-corrected chi connectivity index (χ0v) is 19.3. The summed E-state index contributed by atoms with van der Waals surface area (Å²) in [6, 6.07) is 4.73. The van der Waals surface area contributed by atoms with Crippen molar-refractivity contribution in [3.05, 3.63) is 55.7 Å². The molecule has 176 valence electrons. The number of hydrogen-bond donors (Lipinski definition) is 2. The van der Waals surface area contributed by atoms with Crippen molar-refractivity contribution in [1.29, 1.82) is 0 Å². The highest BCUT2D eigenvalue weighted by molar-refractivity contribution is 7.21. The Labute approximate surface area is 198 Å². The average molecular weight is 507 g/mol. The van der Waals surface area contributed by atoms with Gasteiger partial charge in [0.25, 0.3) is 18.2 Å². The summed E-state index contributed by atoms with van der Waals surface area (Å²) in [6.07, 6.45) is -1.92. The van der Waals surface area contributed by atoms with Crippen molar-refractivity contribution >= 4 is 56.1 Å². The Balaban J connectivity index is 1.96. The van der Waals surface area contributed by atoms with E-state index in [1.165, 1.54) is 17.4 Å². The van der Waals surface area contributed by atoms with Crippen molar-refractivity contribution in [3.63, 3.8) is 0 Å². The highest BCUT2D eigenvalue weighted by atomic mass is 32.1. The van der Waals surface area contributed by atoms with Gasteiger partial charge in [-0.2, -0.15) is 5.10 Å². The Hall–Kier alpha value is -3.78.